The summed E-state index contributed by atoms with van der Waals surface area (Å²) in [4.78, 5) is 16.7. The van der Waals surface area contributed by atoms with E-state index < -0.39 is 0 Å². The number of nitrogens with one attached hydrogen (secondary N) is 1. The molecule has 1 atom stereocenters. The number of aromatic nitrogens is 1. The first kappa shape index (κ1) is 19.0. The van der Waals surface area contributed by atoms with Gasteiger partial charge in [0.15, 0.2) is 11.5 Å². The van der Waals surface area contributed by atoms with Gasteiger partial charge in [-0.25, -0.2) is 0 Å². The second-order valence-electron chi connectivity index (χ2n) is 7.07. The molecule has 5 nitrogen and oxygen atoms in total. The van der Waals surface area contributed by atoms with Crippen LogP contribution in [0, 0.1) is 0 Å². The Kier molecular flexibility index (Phi) is 6.05. The van der Waals surface area contributed by atoms with Crippen molar-refractivity contribution in [2.75, 3.05) is 13.2 Å². The molecule has 0 radical (unpaired) electrons. The van der Waals surface area contributed by atoms with Crippen molar-refractivity contribution >= 4 is 5.91 Å². The van der Waals surface area contributed by atoms with Gasteiger partial charge in [-0.2, -0.15) is 0 Å². The van der Waals surface area contributed by atoms with Crippen molar-refractivity contribution in [3.05, 3.63) is 89.7 Å². The number of pyridine rings is 1. The highest BCUT2D eigenvalue weighted by atomic mass is 16.6. The molecule has 1 aromatic heterocycles. The normalized spacial score (nSPS) is 13.5. The van der Waals surface area contributed by atoms with Gasteiger partial charge in [-0.05, 0) is 53.8 Å². The van der Waals surface area contributed by atoms with Crippen molar-refractivity contribution in [1.82, 2.24) is 10.3 Å². The zero-order valence-corrected chi connectivity index (χ0v) is 16.2. The van der Waals surface area contributed by atoms with Crippen LogP contribution < -0.4 is 14.8 Å². The molecule has 0 aliphatic carbocycles. The minimum Gasteiger partial charge on any atom is -0.486 e. The Balaban J connectivity index is 1.49. The molecular formula is C24H24N2O3. The third-order valence-corrected chi connectivity index (χ3v) is 4.98. The lowest BCUT2D eigenvalue weighted by Gasteiger charge is -2.23. The maximum absolute atomic E-state index is 12.7. The quantitative estimate of drug-likeness (QED) is 0.667. The summed E-state index contributed by atoms with van der Waals surface area (Å²) in [6, 6.07) is 19.8. The van der Waals surface area contributed by atoms with E-state index in [0.717, 1.165) is 22.6 Å². The van der Waals surface area contributed by atoms with Crippen LogP contribution in [0.5, 0.6) is 11.5 Å². The van der Waals surface area contributed by atoms with E-state index in [1.54, 1.807) is 12.4 Å². The summed E-state index contributed by atoms with van der Waals surface area (Å²) in [5.74, 6) is 1.51. The third-order valence-electron chi connectivity index (χ3n) is 4.98. The predicted octanol–water partition coefficient (Wildman–Crippen LogP) is 3.89. The standard InChI is InChI=1S/C24H24N2O3/c27-24(9-6-18-10-12-25-13-11-18)26-21(16-19-4-2-1-3-5-19)20-7-8-22-23(17-20)29-15-14-28-22/h1-5,7-8,10-13,17,21H,6,9,14-16H2,(H,26,27)/t21-/m0/s1. The average molecular weight is 388 g/mol. The first-order valence-corrected chi connectivity index (χ1v) is 9.90. The van der Waals surface area contributed by atoms with E-state index in [1.807, 2.05) is 48.5 Å². The number of benzene rings is 2. The molecule has 1 aliphatic rings. The van der Waals surface area contributed by atoms with Gasteiger partial charge in [0, 0.05) is 18.8 Å². The van der Waals surface area contributed by atoms with Crippen LogP contribution in [0.4, 0.5) is 0 Å². The Morgan fingerprint density at radius 1 is 0.931 bits per heavy atom. The predicted molar refractivity (Wildman–Crippen MR) is 111 cm³/mol. The molecule has 0 unspecified atom stereocenters. The van der Waals surface area contributed by atoms with Crippen LogP contribution >= 0.6 is 0 Å². The van der Waals surface area contributed by atoms with E-state index in [9.17, 15) is 4.79 Å². The summed E-state index contributed by atoms with van der Waals surface area (Å²) in [5, 5.41) is 3.21. The van der Waals surface area contributed by atoms with Gasteiger partial charge in [0.1, 0.15) is 13.2 Å². The van der Waals surface area contributed by atoms with Gasteiger partial charge in [-0.3, -0.25) is 9.78 Å². The van der Waals surface area contributed by atoms with Gasteiger partial charge in [-0.1, -0.05) is 36.4 Å². The summed E-state index contributed by atoms with van der Waals surface area (Å²) < 4.78 is 11.4. The molecule has 148 valence electrons. The Morgan fingerprint density at radius 3 is 2.48 bits per heavy atom. The maximum atomic E-state index is 12.7. The first-order valence-electron chi connectivity index (χ1n) is 9.90. The zero-order valence-electron chi connectivity index (χ0n) is 16.2. The molecule has 3 aromatic rings. The SMILES string of the molecule is O=C(CCc1ccncc1)N[C@@H](Cc1ccccc1)c1ccc2c(c1)OCCO2. The van der Waals surface area contributed by atoms with Crippen molar-refractivity contribution < 1.29 is 14.3 Å². The van der Waals surface area contributed by atoms with Crippen LogP contribution in [0.1, 0.15) is 29.2 Å². The lowest BCUT2D eigenvalue weighted by molar-refractivity contribution is -0.121. The van der Waals surface area contributed by atoms with E-state index in [0.29, 0.717) is 32.5 Å². The Morgan fingerprint density at radius 2 is 1.69 bits per heavy atom. The third kappa shape index (κ3) is 5.13. The van der Waals surface area contributed by atoms with E-state index in [-0.39, 0.29) is 11.9 Å². The van der Waals surface area contributed by atoms with Crippen LogP contribution in [0.3, 0.4) is 0 Å². The number of carbonyl (C=O) groups is 1. The molecule has 2 heterocycles. The molecule has 4 rings (SSSR count). The second-order valence-corrected chi connectivity index (χ2v) is 7.07. The number of ether oxygens (including phenoxy) is 2. The van der Waals surface area contributed by atoms with Gasteiger partial charge in [-0.15, -0.1) is 0 Å². The van der Waals surface area contributed by atoms with Crippen molar-refractivity contribution in [1.29, 1.82) is 0 Å². The monoisotopic (exact) mass is 388 g/mol. The van der Waals surface area contributed by atoms with Crippen molar-refractivity contribution in [3.8, 4) is 11.5 Å². The molecule has 0 saturated heterocycles. The summed E-state index contributed by atoms with van der Waals surface area (Å²) in [6.07, 6.45) is 5.33. The number of nitrogens with zero attached hydrogens (tertiary/aromatic N) is 1. The summed E-state index contributed by atoms with van der Waals surface area (Å²) >= 11 is 0. The largest absolute Gasteiger partial charge is 0.486 e. The Bertz CT molecular complexity index is 945. The molecule has 0 bridgehead atoms. The first-order chi connectivity index (χ1) is 14.3. The maximum Gasteiger partial charge on any atom is 0.220 e. The zero-order chi connectivity index (χ0) is 19.9. The van der Waals surface area contributed by atoms with Crippen molar-refractivity contribution in [2.45, 2.75) is 25.3 Å². The lowest BCUT2D eigenvalue weighted by atomic mass is 9.98. The minimum atomic E-state index is -0.141. The molecule has 1 amide bonds. The van der Waals surface area contributed by atoms with Gasteiger partial charge in [0.05, 0.1) is 6.04 Å². The number of hydrogen-bond acceptors (Lipinski definition) is 4. The molecular weight excluding hydrogens is 364 g/mol. The highest BCUT2D eigenvalue weighted by molar-refractivity contribution is 5.76. The number of aryl methyl sites for hydroxylation is 1. The number of rotatable bonds is 7. The smallest absolute Gasteiger partial charge is 0.220 e. The van der Waals surface area contributed by atoms with Gasteiger partial charge >= 0.3 is 0 Å². The van der Waals surface area contributed by atoms with Crippen LogP contribution in [0.15, 0.2) is 73.1 Å². The molecule has 2 aromatic carbocycles. The molecule has 5 heteroatoms. The Hall–Kier alpha value is -3.34. The van der Waals surface area contributed by atoms with Gasteiger partial charge in [0.2, 0.25) is 5.91 Å². The molecule has 0 saturated carbocycles. The summed E-state index contributed by atoms with van der Waals surface area (Å²) in [5.41, 5.74) is 3.28. The summed E-state index contributed by atoms with van der Waals surface area (Å²) in [7, 11) is 0. The Labute approximate surface area is 170 Å². The molecule has 1 aliphatic heterocycles. The number of amides is 1. The minimum absolute atomic E-state index is 0.0256. The van der Waals surface area contributed by atoms with E-state index >= 15 is 0 Å². The fourth-order valence-corrected chi connectivity index (χ4v) is 3.45. The van der Waals surface area contributed by atoms with Crippen LogP contribution in [-0.2, 0) is 17.6 Å². The highest BCUT2D eigenvalue weighted by Crippen LogP contribution is 2.33. The van der Waals surface area contributed by atoms with E-state index in [2.05, 4.69) is 22.4 Å². The fourth-order valence-electron chi connectivity index (χ4n) is 3.45. The van der Waals surface area contributed by atoms with Crippen molar-refractivity contribution in [3.63, 3.8) is 0 Å². The topological polar surface area (TPSA) is 60.5 Å². The van der Waals surface area contributed by atoms with Crippen LogP contribution in [-0.4, -0.2) is 24.1 Å². The van der Waals surface area contributed by atoms with Gasteiger partial charge in [0.25, 0.3) is 0 Å². The van der Waals surface area contributed by atoms with Crippen LogP contribution in [0.25, 0.3) is 0 Å². The van der Waals surface area contributed by atoms with Gasteiger partial charge < -0.3 is 14.8 Å². The molecule has 1 N–H and O–H groups in total. The number of fused-ring (bicyclic) bond motifs is 1. The van der Waals surface area contributed by atoms with E-state index in [4.69, 9.17) is 9.47 Å². The molecule has 0 spiro atoms. The lowest BCUT2D eigenvalue weighted by Crippen LogP contribution is -2.30. The number of hydrogen-bond donors (Lipinski definition) is 1. The van der Waals surface area contributed by atoms with Crippen molar-refractivity contribution in [2.24, 2.45) is 0 Å². The second kappa shape index (κ2) is 9.24. The highest BCUT2D eigenvalue weighted by Gasteiger charge is 2.19. The van der Waals surface area contributed by atoms with E-state index in [1.165, 1.54) is 5.56 Å². The van der Waals surface area contributed by atoms with Crippen LogP contribution in [0.2, 0.25) is 0 Å². The number of carbonyl (C=O) groups excluding carboxylic acids is 1. The summed E-state index contributed by atoms with van der Waals surface area (Å²) in [6.45, 7) is 1.10. The molecule has 0 fully saturated rings. The molecule has 29 heavy (non-hydrogen) atoms. The average Bonchev–Trinajstić information content (AvgIpc) is 2.78. The fraction of sp³-hybridized carbons (Fsp3) is 0.250.